The predicted octanol–water partition coefficient (Wildman–Crippen LogP) is 4.76. The maximum Gasteiger partial charge on any atom is 0.269 e. The van der Waals surface area contributed by atoms with Crippen LogP contribution < -0.4 is 5.32 Å². The molecule has 2 aromatic rings. The number of hydrogen-bond acceptors (Lipinski definition) is 6. The molecular weight excluding hydrogens is 464 g/mol. The third-order valence-electron chi connectivity index (χ3n) is 5.59. The summed E-state index contributed by atoms with van der Waals surface area (Å²) in [6.07, 6.45) is 0.0890. The van der Waals surface area contributed by atoms with E-state index in [2.05, 4.69) is 21.2 Å². The highest BCUT2D eigenvalue weighted by molar-refractivity contribution is 9.10. The molecule has 0 fully saturated rings. The smallest absolute Gasteiger partial charge is 0.269 e. The van der Waals surface area contributed by atoms with Gasteiger partial charge in [0.25, 0.3) is 5.69 Å². The quantitative estimate of drug-likeness (QED) is 0.450. The zero-order valence-corrected chi connectivity index (χ0v) is 19.0. The summed E-state index contributed by atoms with van der Waals surface area (Å²) >= 11 is 3.38. The van der Waals surface area contributed by atoms with Crippen LogP contribution in [0.5, 0.6) is 0 Å². The van der Waals surface area contributed by atoms with Gasteiger partial charge in [0.1, 0.15) is 5.78 Å². The predicted molar refractivity (Wildman–Crippen MR) is 121 cm³/mol. The number of benzene rings is 2. The number of nitro groups is 1. The van der Waals surface area contributed by atoms with Crippen molar-refractivity contribution in [3.8, 4) is 0 Å². The number of carbonyl (C=O) groups excluding carboxylic acids is 2. The van der Waals surface area contributed by atoms with Crippen LogP contribution in [0.15, 0.2) is 64.3 Å². The van der Waals surface area contributed by atoms with Crippen LogP contribution in [0.25, 0.3) is 0 Å². The summed E-state index contributed by atoms with van der Waals surface area (Å²) < 4.78 is 0.898. The number of ketones is 2. The van der Waals surface area contributed by atoms with Crippen molar-refractivity contribution in [3.63, 3.8) is 0 Å². The van der Waals surface area contributed by atoms with Gasteiger partial charge in [0.2, 0.25) is 0 Å². The van der Waals surface area contributed by atoms with Gasteiger partial charge in [0, 0.05) is 45.9 Å². The van der Waals surface area contributed by atoms with Crippen LogP contribution in [0.4, 0.5) is 11.4 Å². The van der Waals surface area contributed by atoms with E-state index < -0.39 is 22.4 Å². The fourth-order valence-corrected chi connectivity index (χ4v) is 4.63. The van der Waals surface area contributed by atoms with Gasteiger partial charge in [-0.15, -0.1) is 0 Å². The minimum absolute atomic E-state index is 0.0890. The summed E-state index contributed by atoms with van der Waals surface area (Å²) in [4.78, 5) is 35.9. The van der Waals surface area contributed by atoms with Gasteiger partial charge in [-0.1, -0.05) is 28.1 Å². The molecule has 3 rings (SSSR count). The molecule has 0 aromatic heterocycles. The molecule has 1 aliphatic rings. The first kappa shape index (κ1) is 22.8. The van der Waals surface area contributed by atoms with Gasteiger partial charge in [-0.2, -0.15) is 0 Å². The van der Waals surface area contributed by atoms with Crippen LogP contribution in [-0.4, -0.2) is 27.2 Å². The van der Waals surface area contributed by atoms with E-state index in [4.69, 9.17) is 0 Å². The average molecular weight is 487 g/mol. The molecule has 0 bridgehead atoms. The monoisotopic (exact) mass is 486 g/mol. The number of aliphatic hydroxyl groups is 1. The third kappa shape index (κ3) is 4.75. The maximum absolute atomic E-state index is 12.8. The largest absolute Gasteiger partial charge is 0.389 e. The summed E-state index contributed by atoms with van der Waals surface area (Å²) in [6.45, 7) is 4.40. The standard InChI is InChI=1S/C23H23BrN2O5/c1-13(27)20-19(25-17-8-6-16(24)7-9-17)12-23(3,29)22(14(2)28)21(20)15-4-10-18(11-5-15)26(30)31/h4-11,21-22,25,29H,12H2,1-3H3. The van der Waals surface area contributed by atoms with Crippen molar-refractivity contribution in [1.29, 1.82) is 0 Å². The Hall–Kier alpha value is -2.84. The van der Waals surface area contributed by atoms with Crippen molar-refractivity contribution in [1.82, 2.24) is 0 Å². The lowest BCUT2D eigenvalue weighted by molar-refractivity contribution is -0.384. The van der Waals surface area contributed by atoms with E-state index in [0.29, 0.717) is 16.8 Å². The topological polar surface area (TPSA) is 110 Å². The molecule has 8 heteroatoms. The number of anilines is 1. The first-order valence-electron chi connectivity index (χ1n) is 9.75. The van der Waals surface area contributed by atoms with Crippen molar-refractivity contribution in [2.45, 2.75) is 38.7 Å². The van der Waals surface area contributed by atoms with Crippen molar-refractivity contribution < 1.29 is 19.6 Å². The minimum Gasteiger partial charge on any atom is -0.389 e. The van der Waals surface area contributed by atoms with Crippen LogP contribution in [0.2, 0.25) is 0 Å². The molecule has 0 heterocycles. The molecule has 2 N–H and O–H groups in total. The zero-order chi connectivity index (χ0) is 22.9. The number of halogens is 1. The molecule has 31 heavy (non-hydrogen) atoms. The molecule has 0 saturated heterocycles. The number of carbonyl (C=O) groups is 2. The first-order valence-corrected chi connectivity index (χ1v) is 10.5. The first-order chi connectivity index (χ1) is 14.5. The number of nitro benzene ring substituents is 1. The van der Waals surface area contributed by atoms with E-state index in [9.17, 15) is 24.8 Å². The van der Waals surface area contributed by atoms with Crippen molar-refractivity contribution in [2.24, 2.45) is 5.92 Å². The Balaban J connectivity index is 2.19. The van der Waals surface area contributed by atoms with Gasteiger partial charge in [-0.25, -0.2) is 0 Å². The molecule has 3 atom stereocenters. The molecule has 0 spiro atoms. The van der Waals surface area contributed by atoms with Crippen LogP contribution in [-0.2, 0) is 9.59 Å². The Morgan fingerprint density at radius 3 is 2.19 bits per heavy atom. The summed E-state index contributed by atoms with van der Waals surface area (Å²) in [6, 6.07) is 13.1. The van der Waals surface area contributed by atoms with Gasteiger partial charge in [0.05, 0.1) is 16.4 Å². The van der Waals surface area contributed by atoms with E-state index in [1.165, 1.54) is 26.0 Å². The Morgan fingerprint density at radius 2 is 1.71 bits per heavy atom. The van der Waals surface area contributed by atoms with Crippen molar-refractivity contribution in [2.75, 3.05) is 5.32 Å². The average Bonchev–Trinajstić information content (AvgIpc) is 2.68. The molecule has 0 aliphatic heterocycles. The van der Waals surface area contributed by atoms with Gasteiger partial charge in [-0.3, -0.25) is 19.7 Å². The lowest BCUT2D eigenvalue weighted by atomic mass is 9.64. The van der Waals surface area contributed by atoms with Gasteiger partial charge < -0.3 is 10.4 Å². The molecule has 2 aromatic carbocycles. The SMILES string of the molecule is CC(=O)C1=C(Nc2ccc(Br)cc2)CC(C)(O)C(C(C)=O)C1c1ccc([N+](=O)[O-])cc1. The maximum atomic E-state index is 12.8. The number of nitrogens with zero attached hydrogens (tertiary/aromatic N) is 1. The number of hydrogen-bond donors (Lipinski definition) is 2. The van der Waals surface area contributed by atoms with Crippen LogP contribution in [0.3, 0.4) is 0 Å². The van der Waals surface area contributed by atoms with E-state index in [0.717, 1.165) is 10.2 Å². The third-order valence-corrected chi connectivity index (χ3v) is 6.12. The molecule has 0 radical (unpaired) electrons. The van der Waals surface area contributed by atoms with E-state index in [-0.39, 0.29) is 23.7 Å². The lowest BCUT2D eigenvalue weighted by Crippen LogP contribution is -2.48. The molecule has 3 unspecified atom stereocenters. The number of allylic oxidation sites excluding steroid dienone is 1. The highest BCUT2D eigenvalue weighted by Crippen LogP contribution is 2.48. The van der Waals surface area contributed by atoms with Crippen LogP contribution in [0.1, 0.15) is 38.7 Å². The Morgan fingerprint density at radius 1 is 1.13 bits per heavy atom. The number of rotatable bonds is 6. The van der Waals surface area contributed by atoms with Crippen LogP contribution >= 0.6 is 15.9 Å². The Kier molecular flexibility index (Phi) is 6.43. The van der Waals surface area contributed by atoms with Crippen molar-refractivity contribution >= 4 is 38.9 Å². The molecular formula is C23H23BrN2O5. The van der Waals surface area contributed by atoms with Gasteiger partial charge in [0.15, 0.2) is 5.78 Å². The highest BCUT2D eigenvalue weighted by Gasteiger charge is 2.49. The minimum atomic E-state index is -1.42. The Bertz CT molecular complexity index is 1060. The van der Waals surface area contributed by atoms with Gasteiger partial charge >= 0.3 is 0 Å². The van der Waals surface area contributed by atoms with E-state index in [1.807, 2.05) is 24.3 Å². The normalized spacial score (nSPS) is 23.4. The summed E-state index contributed by atoms with van der Waals surface area (Å²) in [5.74, 6) is -2.10. The number of Topliss-reactive ketones (excluding diaryl/α,β-unsaturated/α-hetero) is 2. The fraction of sp³-hybridized carbons (Fsp3) is 0.304. The molecule has 1 aliphatic carbocycles. The number of nitrogens with one attached hydrogen (secondary N) is 1. The summed E-state index contributed by atoms with van der Waals surface area (Å²) in [5.41, 5.74) is 0.702. The fourth-order valence-electron chi connectivity index (χ4n) is 4.36. The molecule has 7 nitrogen and oxygen atoms in total. The van der Waals surface area contributed by atoms with Crippen molar-refractivity contribution in [3.05, 3.63) is 80.0 Å². The summed E-state index contributed by atoms with van der Waals surface area (Å²) in [5, 5.41) is 25.5. The van der Waals surface area contributed by atoms with E-state index >= 15 is 0 Å². The molecule has 0 saturated carbocycles. The number of non-ortho nitro benzene ring substituents is 1. The molecule has 0 amide bonds. The van der Waals surface area contributed by atoms with E-state index in [1.54, 1.807) is 19.1 Å². The van der Waals surface area contributed by atoms with Gasteiger partial charge in [-0.05, 0) is 50.6 Å². The summed E-state index contributed by atoms with van der Waals surface area (Å²) in [7, 11) is 0. The highest BCUT2D eigenvalue weighted by atomic mass is 79.9. The lowest BCUT2D eigenvalue weighted by Gasteiger charge is -2.43. The molecule has 162 valence electrons. The zero-order valence-electron chi connectivity index (χ0n) is 17.4. The van der Waals surface area contributed by atoms with Crippen LogP contribution in [0, 0.1) is 16.0 Å². The second-order valence-electron chi connectivity index (χ2n) is 8.03. The second kappa shape index (κ2) is 8.72. The Labute approximate surface area is 188 Å². The second-order valence-corrected chi connectivity index (χ2v) is 8.94.